The van der Waals surface area contributed by atoms with E-state index in [1.54, 1.807) is 12.1 Å². The summed E-state index contributed by atoms with van der Waals surface area (Å²) in [5.74, 6) is 0.0863. The fourth-order valence-corrected chi connectivity index (χ4v) is 5.57. The van der Waals surface area contributed by atoms with Gasteiger partial charge in [0.25, 0.3) is 0 Å². The lowest BCUT2D eigenvalue weighted by molar-refractivity contribution is -0.187. The van der Waals surface area contributed by atoms with Gasteiger partial charge in [0.1, 0.15) is 5.75 Å². The Morgan fingerprint density at radius 2 is 1.91 bits per heavy atom. The Morgan fingerprint density at radius 1 is 1.14 bits per heavy atom. The summed E-state index contributed by atoms with van der Waals surface area (Å²) in [6, 6.07) is 5.36. The summed E-state index contributed by atoms with van der Waals surface area (Å²) >= 11 is 0. The molecule has 120 valence electrons. The van der Waals surface area contributed by atoms with E-state index in [0.717, 1.165) is 24.0 Å². The van der Waals surface area contributed by atoms with Crippen molar-refractivity contribution in [2.75, 3.05) is 0 Å². The van der Waals surface area contributed by atoms with Crippen LogP contribution in [0.2, 0.25) is 0 Å². The van der Waals surface area contributed by atoms with E-state index in [4.69, 9.17) is 0 Å². The van der Waals surface area contributed by atoms with Crippen molar-refractivity contribution in [3.8, 4) is 5.75 Å². The number of phenolic OH excluding ortho intramolecular Hbond substituents is 1. The molecule has 0 saturated heterocycles. The standard InChI is InChI=1S/C18H24O4/c1-17-6-4-13-12-3-2-11(19)8-10(12)9-14(20)16(13)18(17,22)7-5-15(17)21/h2-3,8,13-16,19-22H,4-7,9H2,1H3. The summed E-state index contributed by atoms with van der Waals surface area (Å²) in [4.78, 5) is 0. The average Bonchev–Trinajstić information content (AvgIpc) is 2.70. The molecular weight excluding hydrogens is 280 g/mol. The van der Waals surface area contributed by atoms with Gasteiger partial charge >= 0.3 is 0 Å². The molecule has 1 aromatic carbocycles. The van der Waals surface area contributed by atoms with Crippen molar-refractivity contribution in [3.05, 3.63) is 29.3 Å². The Balaban J connectivity index is 1.82. The first-order valence-corrected chi connectivity index (χ1v) is 8.27. The minimum atomic E-state index is -1.01. The molecule has 3 aliphatic rings. The molecule has 0 aromatic heterocycles. The van der Waals surface area contributed by atoms with Gasteiger partial charge in [-0.05, 0) is 61.3 Å². The first-order chi connectivity index (χ1) is 10.4. The Morgan fingerprint density at radius 3 is 2.68 bits per heavy atom. The zero-order valence-electron chi connectivity index (χ0n) is 12.9. The molecule has 6 atom stereocenters. The molecule has 0 amide bonds. The van der Waals surface area contributed by atoms with Crippen LogP contribution in [-0.4, -0.2) is 38.2 Å². The molecule has 0 aliphatic heterocycles. The number of aliphatic hydroxyl groups excluding tert-OH is 2. The van der Waals surface area contributed by atoms with E-state index in [9.17, 15) is 20.4 Å². The number of aliphatic hydroxyl groups is 3. The summed E-state index contributed by atoms with van der Waals surface area (Å²) in [6.45, 7) is 1.97. The second-order valence-corrected chi connectivity index (χ2v) is 7.72. The summed E-state index contributed by atoms with van der Waals surface area (Å²) in [6.07, 6.45) is 2.11. The van der Waals surface area contributed by atoms with E-state index in [1.165, 1.54) is 0 Å². The third kappa shape index (κ3) is 1.63. The van der Waals surface area contributed by atoms with Gasteiger partial charge in [0, 0.05) is 11.3 Å². The molecule has 4 rings (SSSR count). The van der Waals surface area contributed by atoms with Crippen molar-refractivity contribution in [1.82, 2.24) is 0 Å². The maximum Gasteiger partial charge on any atom is 0.115 e. The van der Waals surface area contributed by atoms with Crippen LogP contribution in [0.1, 0.15) is 49.7 Å². The Kier molecular flexibility index (Phi) is 2.94. The summed E-state index contributed by atoms with van der Waals surface area (Å²) in [5, 5.41) is 42.2. The van der Waals surface area contributed by atoms with Crippen LogP contribution in [-0.2, 0) is 6.42 Å². The largest absolute Gasteiger partial charge is 0.508 e. The van der Waals surface area contributed by atoms with Crippen molar-refractivity contribution < 1.29 is 20.4 Å². The van der Waals surface area contributed by atoms with E-state index in [-0.39, 0.29) is 17.6 Å². The van der Waals surface area contributed by atoms with Crippen molar-refractivity contribution in [3.63, 3.8) is 0 Å². The molecule has 4 nitrogen and oxygen atoms in total. The lowest BCUT2D eigenvalue weighted by atomic mass is 9.52. The van der Waals surface area contributed by atoms with Crippen LogP contribution in [0, 0.1) is 11.3 Å². The first kappa shape index (κ1) is 14.5. The average molecular weight is 304 g/mol. The van der Waals surface area contributed by atoms with Crippen molar-refractivity contribution in [2.45, 2.75) is 62.8 Å². The van der Waals surface area contributed by atoms with Crippen molar-refractivity contribution in [1.29, 1.82) is 0 Å². The van der Waals surface area contributed by atoms with E-state index in [2.05, 4.69) is 0 Å². The molecule has 0 bridgehead atoms. The number of phenols is 1. The SMILES string of the molecule is CC12CCC3c4ccc(O)cc4CC(O)C3C1(O)CCC2O. The molecule has 0 spiro atoms. The van der Waals surface area contributed by atoms with Crippen LogP contribution in [0.5, 0.6) is 5.75 Å². The quantitative estimate of drug-likeness (QED) is 0.588. The summed E-state index contributed by atoms with van der Waals surface area (Å²) in [7, 11) is 0. The highest BCUT2D eigenvalue weighted by molar-refractivity contribution is 5.42. The van der Waals surface area contributed by atoms with Crippen LogP contribution < -0.4 is 0 Å². The summed E-state index contributed by atoms with van der Waals surface area (Å²) in [5.41, 5.74) is 0.595. The zero-order chi connectivity index (χ0) is 15.7. The minimum absolute atomic E-state index is 0.0997. The molecule has 22 heavy (non-hydrogen) atoms. The lowest BCUT2D eigenvalue weighted by Crippen LogP contribution is -2.61. The summed E-state index contributed by atoms with van der Waals surface area (Å²) < 4.78 is 0. The van der Waals surface area contributed by atoms with Gasteiger partial charge in [0.15, 0.2) is 0 Å². The molecule has 3 aliphatic carbocycles. The highest BCUT2D eigenvalue weighted by Gasteiger charge is 2.65. The van der Waals surface area contributed by atoms with Gasteiger partial charge in [0.05, 0.1) is 17.8 Å². The van der Waals surface area contributed by atoms with E-state index in [0.29, 0.717) is 19.3 Å². The van der Waals surface area contributed by atoms with E-state index < -0.39 is 23.2 Å². The Bertz CT molecular complexity index is 615. The van der Waals surface area contributed by atoms with Gasteiger partial charge in [-0.25, -0.2) is 0 Å². The molecular formula is C18H24O4. The van der Waals surface area contributed by atoms with E-state index in [1.807, 2.05) is 13.0 Å². The van der Waals surface area contributed by atoms with Crippen LogP contribution in [0.25, 0.3) is 0 Å². The second-order valence-electron chi connectivity index (χ2n) is 7.72. The Hall–Kier alpha value is -1.10. The Labute approximate surface area is 130 Å². The zero-order valence-corrected chi connectivity index (χ0v) is 12.9. The molecule has 0 radical (unpaired) electrons. The number of benzene rings is 1. The van der Waals surface area contributed by atoms with Crippen LogP contribution in [0.4, 0.5) is 0 Å². The predicted octanol–water partition coefficient (Wildman–Crippen LogP) is 1.69. The highest BCUT2D eigenvalue weighted by Crippen LogP contribution is 2.63. The van der Waals surface area contributed by atoms with Gasteiger partial charge in [0.2, 0.25) is 0 Å². The fourth-order valence-electron chi connectivity index (χ4n) is 5.57. The van der Waals surface area contributed by atoms with Gasteiger partial charge in [-0.3, -0.25) is 0 Å². The van der Waals surface area contributed by atoms with Gasteiger partial charge in [-0.1, -0.05) is 13.0 Å². The third-order valence-electron chi connectivity index (χ3n) is 6.85. The molecule has 2 fully saturated rings. The third-order valence-corrected chi connectivity index (χ3v) is 6.85. The predicted molar refractivity (Wildman–Crippen MR) is 81.6 cm³/mol. The molecule has 0 heterocycles. The topological polar surface area (TPSA) is 80.9 Å². The fraction of sp³-hybridized carbons (Fsp3) is 0.667. The normalized spacial score (nSPS) is 46.7. The molecule has 6 unspecified atom stereocenters. The number of hydrogen-bond acceptors (Lipinski definition) is 4. The second kappa shape index (κ2) is 4.47. The van der Waals surface area contributed by atoms with Gasteiger partial charge < -0.3 is 20.4 Å². The van der Waals surface area contributed by atoms with Gasteiger partial charge in [-0.2, -0.15) is 0 Å². The molecule has 4 heteroatoms. The highest BCUT2D eigenvalue weighted by atomic mass is 16.3. The van der Waals surface area contributed by atoms with Crippen LogP contribution in [0.3, 0.4) is 0 Å². The smallest absolute Gasteiger partial charge is 0.115 e. The number of rotatable bonds is 0. The molecule has 1 aromatic rings. The number of hydrogen-bond donors (Lipinski definition) is 4. The maximum absolute atomic E-state index is 11.4. The van der Waals surface area contributed by atoms with E-state index >= 15 is 0 Å². The van der Waals surface area contributed by atoms with Crippen LogP contribution in [0.15, 0.2) is 18.2 Å². The van der Waals surface area contributed by atoms with Gasteiger partial charge in [-0.15, -0.1) is 0 Å². The molecule has 2 saturated carbocycles. The minimum Gasteiger partial charge on any atom is -0.508 e. The number of fused-ring (bicyclic) bond motifs is 5. The van der Waals surface area contributed by atoms with Crippen molar-refractivity contribution in [2.24, 2.45) is 11.3 Å². The number of aromatic hydroxyl groups is 1. The monoisotopic (exact) mass is 304 g/mol. The van der Waals surface area contributed by atoms with Crippen molar-refractivity contribution >= 4 is 0 Å². The van der Waals surface area contributed by atoms with Crippen LogP contribution >= 0.6 is 0 Å². The maximum atomic E-state index is 11.4. The lowest BCUT2D eigenvalue weighted by Gasteiger charge is -2.56. The molecule has 4 N–H and O–H groups in total. The first-order valence-electron chi connectivity index (χ1n) is 8.27.